The zero-order chi connectivity index (χ0) is 10.3. The van der Waals surface area contributed by atoms with Crippen molar-refractivity contribution in [2.24, 2.45) is 11.5 Å². The molecule has 2 rings (SSSR count). The summed E-state index contributed by atoms with van der Waals surface area (Å²) in [6.07, 6.45) is 3.40. The minimum atomic E-state index is -0.724. The van der Waals surface area contributed by atoms with Gasteiger partial charge < -0.3 is 16.0 Å². The third-order valence-electron chi connectivity index (χ3n) is 2.20. The van der Waals surface area contributed by atoms with Crippen molar-refractivity contribution in [2.45, 2.75) is 18.9 Å². The predicted octanol–water partition coefficient (Wildman–Crippen LogP) is -0.584. The number of hydrogen-bond donors (Lipinski definition) is 2. The van der Waals surface area contributed by atoms with Crippen molar-refractivity contribution in [3.05, 3.63) is 17.7 Å². The maximum atomic E-state index is 11.1. The van der Waals surface area contributed by atoms with E-state index in [-0.39, 0.29) is 17.4 Å². The van der Waals surface area contributed by atoms with Crippen molar-refractivity contribution < 1.29 is 9.59 Å². The Kier molecular flexibility index (Phi) is 1.77. The van der Waals surface area contributed by atoms with E-state index >= 15 is 0 Å². The zero-order valence-corrected chi connectivity index (χ0v) is 7.43. The van der Waals surface area contributed by atoms with Crippen LogP contribution in [0.25, 0.3) is 0 Å². The molecule has 0 unspecified atom stereocenters. The van der Waals surface area contributed by atoms with Gasteiger partial charge >= 0.3 is 0 Å². The third-order valence-corrected chi connectivity index (χ3v) is 2.20. The molecule has 1 aromatic rings. The number of nitrogens with zero attached hydrogens (tertiary/aromatic N) is 2. The fourth-order valence-electron chi connectivity index (χ4n) is 1.41. The van der Waals surface area contributed by atoms with Crippen molar-refractivity contribution in [3.63, 3.8) is 0 Å². The monoisotopic (exact) mass is 194 g/mol. The number of amides is 2. The molecule has 0 spiro atoms. The molecule has 0 saturated heterocycles. The Morgan fingerprint density at radius 2 is 2.00 bits per heavy atom. The van der Waals surface area contributed by atoms with Crippen molar-refractivity contribution >= 4 is 11.8 Å². The number of carbonyl (C=O) groups is 2. The molecule has 2 amide bonds. The highest BCUT2D eigenvalue weighted by atomic mass is 16.2. The number of hydrogen-bond acceptors (Lipinski definition) is 3. The molecule has 1 aliphatic carbocycles. The fraction of sp³-hybridized carbons (Fsp3) is 0.375. The molecular weight excluding hydrogens is 184 g/mol. The van der Waals surface area contributed by atoms with E-state index in [1.165, 1.54) is 6.33 Å². The number of aromatic nitrogens is 2. The number of carbonyl (C=O) groups excluding carboxylic acids is 2. The molecule has 0 atom stereocenters. The molecule has 14 heavy (non-hydrogen) atoms. The van der Waals surface area contributed by atoms with Gasteiger partial charge in [-0.25, -0.2) is 4.98 Å². The van der Waals surface area contributed by atoms with Crippen LogP contribution in [-0.2, 0) is 0 Å². The van der Waals surface area contributed by atoms with E-state index in [0.29, 0.717) is 0 Å². The Balaban J connectivity index is 2.51. The summed E-state index contributed by atoms with van der Waals surface area (Å²) < 4.78 is 1.63. The van der Waals surface area contributed by atoms with Crippen LogP contribution in [0.3, 0.4) is 0 Å². The lowest BCUT2D eigenvalue weighted by Gasteiger charge is -2.02. The van der Waals surface area contributed by atoms with Gasteiger partial charge in [0.05, 0.1) is 6.33 Å². The van der Waals surface area contributed by atoms with Crippen molar-refractivity contribution in [3.8, 4) is 0 Å². The molecule has 6 heteroatoms. The van der Waals surface area contributed by atoms with Crippen LogP contribution in [0.5, 0.6) is 0 Å². The SMILES string of the molecule is NC(=O)c1ncn(C2CC2)c1C(N)=O. The van der Waals surface area contributed by atoms with E-state index in [0.717, 1.165) is 12.8 Å². The first-order valence-electron chi connectivity index (χ1n) is 4.27. The lowest BCUT2D eigenvalue weighted by Crippen LogP contribution is -2.23. The van der Waals surface area contributed by atoms with Crippen LogP contribution in [-0.4, -0.2) is 21.4 Å². The Morgan fingerprint density at radius 1 is 1.36 bits per heavy atom. The van der Waals surface area contributed by atoms with Gasteiger partial charge in [0.1, 0.15) is 5.69 Å². The lowest BCUT2D eigenvalue weighted by atomic mass is 10.3. The highest BCUT2D eigenvalue weighted by Gasteiger charge is 2.30. The van der Waals surface area contributed by atoms with Crippen LogP contribution < -0.4 is 11.5 Å². The van der Waals surface area contributed by atoms with Gasteiger partial charge in [-0.15, -0.1) is 0 Å². The highest BCUT2D eigenvalue weighted by molar-refractivity contribution is 6.03. The van der Waals surface area contributed by atoms with E-state index in [9.17, 15) is 9.59 Å². The number of primary amides is 2. The number of imidazole rings is 1. The lowest BCUT2D eigenvalue weighted by molar-refractivity contribution is 0.0959. The number of rotatable bonds is 3. The topological polar surface area (TPSA) is 104 Å². The molecule has 74 valence electrons. The first-order valence-corrected chi connectivity index (χ1v) is 4.27. The normalized spacial score (nSPS) is 15.4. The minimum absolute atomic E-state index is 0.0376. The summed E-state index contributed by atoms with van der Waals surface area (Å²) in [6.45, 7) is 0. The van der Waals surface area contributed by atoms with Gasteiger partial charge in [-0.1, -0.05) is 0 Å². The fourth-order valence-corrected chi connectivity index (χ4v) is 1.41. The second kappa shape index (κ2) is 2.83. The molecule has 1 fully saturated rings. The van der Waals surface area contributed by atoms with Gasteiger partial charge in [0.25, 0.3) is 11.8 Å². The second-order valence-corrected chi connectivity index (χ2v) is 3.31. The van der Waals surface area contributed by atoms with Crippen molar-refractivity contribution in [2.75, 3.05) is 0 Å². The van der Waals surface area contributed by atoms with Gasteiger partial charge in [-0.2, -0.15) is 0 Å². The third kappa shape index (κ3) is 1.24. The van der Waals surface area contributed by atoms with Crippen molar-refractivity contribution in [1.82, 2.24) is 9.55 Å². The van der Waals surface area contributed by atoms with E-state index in [1.54, 1.807) is 4.57 Å². The summed E-state index contributed by atoms with van der Waals surface area (Å²) in [5.41, 5.74) is 10.3. The molecule has 4 N–H and O–H groups in total. The maximum Gasteiger partial charge on any atom is 0.269 e. The molecule has 0 aromatic carbocycles. The Hall–Kier alpha value is -1.85. The van der Waals surface area contributed by atoms with Crippen LogP contribution in [0, 0.1) is 0 Å². The van der Waals surface area contributed by atoms with Gasteiger partial charge in [0.15, 0.2) is 5.69 Å². The van der Waals surface area contributed by atoms with Crippen LogP contribution >= 0.6 is 0 Å². The maximum absolute atomic E-state index is 11.1. The first kappa shape index (κ1) is 8.74. The summed E-state index contributed by atoms with van der Waals surface area (Å²) in [5, 5.41) is 0. The summed E-state index contributed by atoms with van der Waals surface area (Å²) >= 11 is 0. The highest BCUT2D eigenvalue weighted by Crippen LogP contribution is 2.36. The molecule has 1 saturated carbocycles. The Bertz CT molecular complexity index is 405. The molecule has 1 heterocycles. The van der Waals surface area contributed by atoms with E-state index in [2.05, 4.69) is 4.98 Å². The molecule has 0 radical (unpaired) electrons. The van der Waals surface area contributed by atoms with Gasteiger partial charge in [-0.05, 0) is 12.8 Å². The molecule has 1 aliphatic rings. The zero-order valence-electron chi connectivity index (χ0n) is 7.43. The van der Waals surface area contributed by atoms with Crippen LogP contribution in [0.1, 0.15) is 39.9 Å². The van der Waals surface area contributed by atoms with Crippen molar-refractivity contribution in [1.29, 1.82) is 0 Å². The smallest absolute Gasteiger partial charge is 0.269 e. The first-order chi connectivity index (χ1) is 6.61. The van der Waals surface area contributed by atoms with Crippen LogP contribution in [0.15, 0.2) is 6.33 Å². The Morgan fingerprint density at radius 3 is 2.43 bits per heavy atom. The second-order valence-electron chi connectivity index (χ2n) is 3.31. The summed E-state index contributed by atoms with van der Waals surface area (Å²) in [7, 11) is 0. The average Bonchev–Trinajstić information content (AvgIpc) is 2.83. The molecule has 6 nitrogen and oxygen atoms in total. The summed E-state index contributed by atoms with van der Waals surface area (Å²) in [6, 6.07) is 0.248. The number of nitrogens with two attached hydrogens (primary N) is 2. The average molecular weight is 194 g/mol. The quantitative estimate of drug-likeness (QED) is 0.672. The minimum Gasteiger partial charge on any atom is -0.364 e. The van der Waals surface area contributed by atoms with Gasteiger partial charge in [-0.3, -0.25) is 9.59 Å². The standard InChI is InChI=1S/C8H10N4O2/c9-7(13)5-6(8(10)14)12(3-11-5)4-1-2-4/h3-4H,1-2H2,(H2,9,13)(H2,10,14). The largest absolute Gasteiger partial charge is 0.364 e. The summed E-state index contributed by atoms with van der Waals surface area (Å²) in [4.78, 5) is 25.8. The van der Waals surface area contributed by atoms with Gasteiger partial charge in [0.2, 0.25) is 0 Å². The molecule has 1 aromatic heterocycles. The van der Waals surface area contributed by atoms with Crippen LogP contribution in [0.2, 0.25) is 0 Å². The molecule has 0 aliphatic heterocycles. The van der Waals surface area contributed by atoms with E-state index in [4.69, 9.17) is 11.5 Å². The van der Waals surface area contributed by atoms with Gasteiger partial charge in [0, 0.05) is 6.04 Å². The molecule has 0 bridgehead atoms. The molecular formula is C8H10N4O2. The van der Waals surface area contributed by atoms with Crippen LogP contribution in [0.4, 0.5) is 0 Å². The predicted molar refractivity (Wildman–Crippen MR) is 47.5 cm³/mol. The van der Waals surface area contributed by atoms with E-state index in [1.807, 2.05) is 0 Å². The van der Waals surface area contributed by atoms with E-state index < -0.39 is 11.8 Å². The summed E-state index contributed by atoms with van der Waals surface area (Å²) in [5.74, 6) is -1.39. The Labute approximate surface area is 79.9 Å².